The van der Waals surface area contributed by atoms with Crippen molar-refractivity contribution in [1.29, 1.82) is 0 Å². The highest BCUT2D eigenvalue weighted by Crippen LogP contribution is 2.33. The van der Waals surface area contributed by atoms with E-state index in [0.717, 1.165) is 0 Å². The average Bonchev–Trinajstić information content (AvgIpc) is 3.39. The standard InChI is InChI=1S/C28H24N2O6S/c1-33-22-12-14-25(15-13-22)37(2,32)30-21-6-10-24(11-7-21)36-23-8-4-20(5-9-23)29-28(31)19-3-16-26-27(17-19)35-18-34-26/h3-17H,2,18H2,1H3,(H,29,31)(H,30,32). The molecule has 0 saturated carbocycles. The molecule has 1 aliphatic heterocycles. The second-order valence-electron chi connectivity index (χ2n) is 8.13. The number of carbonyl (C=O) groups excluding carboxylic acids is 1. The van der Waals surface area contributed by atoms with E-state index >= 15 is 0 Å². The fourth-order valence-electron chi connectivity index (χ4n) is 3.62. The topological polar surface area (TPSA) is 95.1 Å². The summed E-state index contributed by atoms with van der Waals surface area (Å²) in [4.78, 5) is 13.1. The van der Waals surface area contributed by atoms with Crippen LogP contribution in [0.5, 0.6) is 28.7 Å². The quantitative estimate of drug-likeness (QED) is 0.297. The fraction of sp³-hybridized carbons (Fsp3) is 0.0714. The summed E-state index contributed by atoms with van der Waals surface area (Å²) in [7, 11) is -1.17. The number of hydrogen-bond donors (Lipinski definition) is 2. The minimum atomic E-state index is -2.74. The lowest BCUT2D eigenvalue weighted by Crippen LogP contribution is -2.12. The van der Waals surface area contributed by atoms with Gasteiger partial charge in [0.2, 0.25) is 6.79 Å². The molecule has 0 fully saturated rings. The number of fused-ring (bicyclic) bond motifs is 1. The van der Waals surface area contributed by atoms with Crippen LogP contribution in [-0.4, -0.2) is 29.9 Å². The summed E-state index contributed by atoms with van der Waals surface area (Å²) in [5.74, 6) is 6.64. The summed E-state index contributed by atoms with van der Waals surface area (Å²) in [6, 6.07) is 26.1. The van der Waals surface area contributed by atoms with E-state index < -0.39 is 9.71 Å². The zero-order valence-corrected chi connectivity index (χ0v) is 20.7. The number of amides is 1. The molecule has 0 bridgehead atoms. The largest absolute Gasteiger partial charge is 0.497 e. The third-order valence-electron chi connectivity index (χ3n) is 5.56. The minimum Gasteiger partial charge on any atom is -0.497 e. The Labute approximate surface area is 214 Å². The van der Waals surface area contributed by atoms with Gasteiger partial charge in [0.05, 0.1) is 16.8 Å². The zero-order valence-electron chi connectivity index (χ0n) is 19.9. The van der Waals surface area contributed by atoms with E-state index in [1.807, 2.05) is 0 Å². The molecule has 37 heavy (non-hydrogen) atoms. The summed E-state index contributed by atoms with van der Waals surface area (Å²) in [5, 5.41) is 2.85. The molecule has 9 heteroatoms. The molecule has 0 aromatic heterocycles. The van der Waals surface area contributed by atoms with Gasteiger partial charge >= 0.3 is 0 Å². The summed E-state index contributed by atoms with van der Waals surface area (Å²) in [5.41, 5.74) is 1.74. The minimum absolute atomic E-state index is 0.154. The first-order valence-electron chi connectivity index (χ1n) is 11.3. The predicted octanol–water partition coefficient (Wildman–Crippen LogP) is 5.57. The van der Waals surface area contributed by atoms with Gasteiger partial charge in [-0.25, -0.2) is 4.21 Å². The molecular formula is C28H24N2O6S. The van der Waals surface area contributed by atoms with Crippen molar-refractivity contribution >= 4 is 32.9 Å². The molecule has 1 aliphatic rings. The molecule has 1 heterocycles. The number of ether oxygens (including phenoxy) is 4. The van der Waals surface area contributed by atoms with Crippen LogP contribution in [-0.2, 0) is 9.71 Å². The molecule has 0 spiro atoms. The highest BCUT2D eigenvalue weighted by molar-refractivity contribution is 8.01. The highest BCUT2D eigenvalue weighted by atomic mass is 32.2. The van der Waals surface area contributed by atoms with Crippen LogP contribution in [0.25, 0.3) is 0 Å². The van der Waals surface area contributed by atoms with Gasteiger partial charge in [0.25, 0.3) is 5.91 Å². The van der Waals surface area contributed by atoms with Crippen molar-refractivity contribution in [2.45, 2.75) is 4.90 Å². The lowest BCUT2D eigenvalue weighted by molar-refractivity contribution is 0.102. The van der Waals surface area contributed by atoms with E-state index in [9.17, 15) is 9.00 Å². The van der Waals surface area contributed by atoms with Crippen molar-refractivity contribution in [3.05, 3.63) is 96.6 Å². The van der Waals surface area contributed by atoms with Gasteiger partial charge in [0.1, 0.15) is 17.2 Å². The molecule has 2 N–H and O–H groups in total. The molecule has 0 saturated heterocycles. The Morgan fingerprint density at radius 1 is 0.811 bits per heavy atom. The summed E-state index contributed by atoms with van der Waals surface area (Å²) in [6.45, 7) is 0.154. The zero-order chi connectivity index (χ0) is 25.8. The van der Waals surface area contributed by atoms with Crippen LogP contribution in [0, 0.1) is 0 Å². The second kappa shape index (κ2) is 10.2. The SMILES string of the molecule is C=S(=O)(Nc1ccc(Oc2ccc(NC(=O)c3ccc4c(c3)OCO4)cc2)cc1)c1ccc(OC)cc1. The molecule has 1 unspecified atom stereocenters. The number of methoxy groups -OCH3 is 1. The van der Waals surface area contributed by atoms with E-state index in [4.69, 9.17) is 18.9 Å². The van der Waals surface area contributed by atoms with Gasteiger partial charge in [-0.05, 0) is 96.9 Å². The predicted molar refractivity (Wildman–Crippen MR) is 144 cm³/mol. The molecule has 1 amide bonds. The molecule has 5 rings (SSSR count). The van der Waals surface area contributed by atoms with Gasteiger partial charge in [-0.3, -0.25) is 4.79 Å². The van der Waals surface area contributed by atoms with Crippen molar-refractivity contribution in [3.8, 4) is 28.7 Å². The number of hydrogen-bond acceptors (Lipinski definition) is 6. The Morgan fingerprint density at radius 2 is 1.41 bits per heavy atom. The van der Waals surface area contributed by atoms with E-state index in [1.165, 1.54) is 0 Å². The Morgan fingerprint density at radius 3 is 2.05 bits per heavy atom. The number of rotatable bonds is 8. The third-order valence-corrected chi connectivity index (χ3v) is 7.16. The number of nitrogens with one attached hydrogen (secondary N) is 2. The van der Waals surface area contributed by atoms with Crippen molar-refractivity contribution in [1.82, 2.24) is 0 Å². The van der Waals surface area contributed by atoms with E-state index in [-0.39, 0.29) is 12.7 Å². The normalized spacial score (nSPS) is 13.3. The van der Waals surface area contributed by atoms with Gasteiger partial charge in [0, 0.05) is 21.8 Å². The van der Waals surface area contributed by atoms with Crippen molar-refractivity contribution in [3.63, 3.8) is 0 Å². The van der Waals surface area contributed by atoms with Gasteiger partial charge in [-0.1, -0.05) is 0 Å². The molecule has 188 valence electrons. The molecular weight excluding hydrogens is 492 g/mol. The van der Waals surface area contributed by atoms with E-state index in [0.29, 0.717) is 50.6 Å². The lowest BCUT2D eigenvalue weighted by Gasteiger charge is -2.14. The Balaban J connectivity index is 1.18. The summed E-state index contributed by atoms with van der Waals surface area (Å²) >= 11 is 0. The number of anilines is 2. The number of benzene rings is 4. The van der Waals surface area contributed by atoms with Gasteiger partial charge in [0.15, 0.2) is 11.5 Å². The van der Waals surface area contributed by atoms with Crippen molar-refractivity contribution in [2.24, 2.45) is 0 Å². The maximum atomic E-state index is 13.0. The monoisotopic (exact) mass is 516 g/mol. The van der Waals surface area contributed by atoms with Gasteiger partial charge in [-0.15, -0.1) is 0 Å². The van der Waals surface area contributed by atoms with Crippen LogP contribution in [0.15, 0.2) is 95.9 Å². The first-order chi connectivity index (χ1) is 17.9. The maximum absolute atomic E-state index is 13.0. The van der Waals surface area contributed by atoms with Crippen LogP contribution in [0.4, 0.5) is 11.4 Å². The van der Waals surface area contributed by atoms with Crippen molar-refractivity contribution < 1.29 is 28.0 Å². The van der Waals surface area contributed by atoms with Crippen LogP contribution in [0.1, 0.15) is 10.4 Å². The van der Waals surface area contributed by atoms with Crippen LogP contribution in [0.3, 0.4) is 0 Å². The molecule has 8 nitrogen and oxygen atoms in total. The molecule has 4 aromatic rings. The van der Waals surface area contributed by atoms with E-state index in [1.54, 1.807) is 98.1 Å². The smallest absolute Gasteiger partial charge is 0.255 e. The maximum Gasteiger partial charge on any atom is 0.255 e. The molecule has 1 atom stereocenters. The van der Waals surface area contributed by atoms with Crippen LogP contribution >= 0.6 is 0 Å². The lowest BCUT2D eigenvalue weighted by atomic mass is 10.2. The van der Waals surface area contributed by atoms with Crippen molar-refractivity contribution in [2.75, 3.05) is 23.9 Å². The first kappa shape index (κ1) is 24.1. The van der Waals surface area contributed by atoms with Gasteiger partial charge < -0.3 is 29.0 Å². The third kappa shape index (κ3) is 5.62. The highest BCUT2D eigenvalue weighted by Gasteiger charge is 2.16. The average molecular weight is 517 g/mol. The van der Waals surface area contributed by atoms with E-state index in [2.05, 4.69) is 15.9 Å². The van der Waals surface area contributed by atoms with Crippen LogP contribution < -0.4 is 29.0 Å². The van der Waals surface area contributed by atoms with Gasteiger partial charge in [-0.2, -0.15) is 0 Å². The molecule has 0 aliphatic carbocycles. The Hall–Kier alpha value is -4.63. The Bertz CT molecular complexity index is 1520. The first-order valence-corrected chi connectivity index (χ1v) is 13.0. The molecule has 4 aromatic carbocycles. The summed E-state index contributed by atoms with van der Waals surface area (Å²) < 4.78 is 37.7. The Kier molecular flexibility index (Phi) is 6.61. The van der Waals surface area contributed by atoms with Crippen LogP contribution in [0.2, 0.25) is 0 Å². The fourth-order valence-corrected chi connectivity index (χ4v) is 4.83. The molecule has 0 radical (unpaired) electrons. The number of carbonyl (C=O) groups is 1. The second-order valence-corrected chi connectivity index (χ2v) is 10.2. The summed E-state index contributed by atoms with van der Waals surface area (Å²) in [6.07, 6.45) is 0.